The van der Waals surface area contributed by atoms with Crippen molar-refractivity contribution >= 4 is 28.6 Å². The number of aryl methyl sites for hydroxylation is 1. The number of nitrogens with zero attached hydrogens (tertiary/aromatic N) is 7. The second-order valence-corrected chi connectivity index (χ2v) is 10.2. The van der Waals surface area contributed by atoms with Gasteiger partial charge in [0.05, 0.1) is 17.2 Å². The third-order valence-corrected chi connectivity index (χ3v) is 7.31. The van der Waals surface area contributed by atoms with Crippen LogP contribution in [-0.2, 0) is 13.6 Å². The van der Waals surface area contributed by atoms with E-state index in [0.717, 1.165) is 71.1 Å². The molecule has 0 radical (unpaired) electrons. The molecule has 0 bridgehead atoms. The Kier molecular flexibility index (Phi) is 6.00. The Hall–Kier alpha value is -3.98. The molecule has 0 saturated carbocycles. The van der Waals surface area contributed by atoms with Crippen molar-refractivity contribution < 1.29 is 0 Å². The number of para-hydroxylation sites is 2. The third-order valence-electron chi connectivity index (χ3n) is 7.31. The molecule has 37 heavy (non-hydrogen) atoms. The molecule has 3 N–H and O–H groups in total. The molecule has 1 saturated heterocycles. The van der Waals surface area contributed by atoms with Gasteiger partial charge in [0.25, 0.3) is 0 Å². The van der Waals surface area contributed by atoms with Crippen molar-refractivity contribution in [2.75, 3.05) is 23.3 Å². The van der Waals surface area contributed by atoms with Crippen LogP contribution in [-0.4, -0.2) is 48.3 Å². The number of imidazole rings is 1. The molecule has 190 valence electrons. The number of nitrogens with two attached hydrogens (primary N) is 1. The summed E-state index contributed by atoms with van der Waals surface area (Å²) in [6.45, 7) is 6.62. The largest absolute Gasteiger partial charge is 0.350 e. The van der Waals surface area contributed by atoms with Crippen LogP contribution in [0.15, 0.2) is 54.7 Å². The van der Waals surface area contributed by atoms with E-state index in [2.05, 4.69) is 77.2 Å². The van der Waals surface area contributed by atoms with Gasteiger partial charge in [-0.25, -0.2) is 4.98 Å². The molecular weight excluding hydrogens is 462 g/mol. The van der Waals surface area contributed by atoms with Gasteiger partial charge in [0.1, 0.15) is 5.82 Å². The predicted octanol–water partition coefficient (Wildman–Crippen LogP) is 4.34. The summed E-state index contributed by atoms with van der Waals surface area (Å²) in [6, 6.07) is 16.9. The molecule has 0 amide bonds. The third kappa shape index (κ3) is 4.29. The molecule has 0 atom stereocenters. The minimum Gasteiger partial charge on any atom is -0.350 e. The van der Waals surface area contributed by atoms with E-state index >= 15 is 0 Å². The Labute approximate surface area is 216 Å². The van der Waals surface area contributed by atoms with Crippen molar-refractivity contribution in [1.29, 1.82) is 0 Å². The van der Waals surface area contributed by atoms with Crippen LogP contribution in [0.4, 0.5) is 11.9 Å². The van der Waals surface area contributed by atoms with Gasteiger partial charge in [-0.1, -0.05) is 50.2 Å². The van der Waals surface area contributed by atoms with Gasteiger partial charge >= 0.3 is 0 Å². The van der Waals surface area contributed by atoms with E-state index in [0.29, 0.717) is 18.4 Å². The van der Waals surface area contributed by atoms with Gasteiger partial charge < -0.3 is 20.5 Å². The standard InChI is InChI=1S/C28H33N9/c1-18(2)22-17-31-37-26(22)33-28(36-14-12-20(29)13-15-36)34-27(37)30-16-19-8-4-5-9-21(19)25-32-23-10-6-7-11-24(23)35(25)3/h4-11,17-18,20H,12-16,29H2,1-3H3,(H,30,33,34). The van der Waals surface area contributed by atoms with Crippen molar-refractivity contribution in [3.05, 3.63) is 65.9 Å². The molecule has 3 aromatic heterocycles. The SMILES string of the molecule is CC(C)c1cnn2c(NCc3ccccc3-c3nc4ccccc4n3C)nc(N3CCC(N)CC3)nc12. The van der Waals surface area contributed by atoms with Crippen LogP contribution in [0.2, 0.25) is 0 Å². The molecule has 1 fully saturated rings. The number of anilines is 2. The number of hydrogen-bond donors (Lipinski definition) is 2. The summed E-state index contributed by atoms with van der Waals surface area (Å²) in [5.74, 6) is 2.66. The summed E-state index contributed by atoms with van der Waals surface area (Å²) in [4.78, 5) is 17.0. The minimum atomic E-state index is 0.248. The average molecular weight is 496 g/mol. The molecule has 2 aromatic carbocycles. The number of hydrogen-bond acceptors (Lipinski definition) is 7. The topological polar surface area (TPSA) is 102 Å². The number of fused-ring (bicyclic) bond motifs is 2. The van der Waals surface area contributed by atoms with Crippen LogP contribution in [0.25, 0.3) is 28.1 Å². The van der Waals surface area contributed by atoms with E-state index in [1.54, 1.807) is 0 Å². The summed E-state index contributed by atoms with van der Waals surface area (Å²) in [7, 11) is 2.07. The highest BCUT2D eigenvalue weighted by molar-refractivity contribution is 5.81. The van der Waals surface area contributed by atoms with Gasteiger partial charge in [0, 0.05) is 43.9 Å². The Morgan fingerprint density at radius 2 is 1.76 bits per heavy atom. The summed E-state index contributed by atoms with van der Waals surface area (Å²) in [5, 5.41) is 8.22. The number of piperidine rings is 1. The maximum atomic E-state index is 6.15. The number of benzene rings is 2. The van der Waals surface area contributed by atoms with E-state index in [4.69, 9.17) is 20.7 Å². The van der Waals surface area contributed by atoms with Gasteiger partial charge in [-0.05, 0) is 36.5 Å². The Morgan fingerprint density at radius 1 is 1.00 bits per heavy atom. The van der Waals surface area contributed by atoms with Gasteiger partial charge in [-0.3, -0.25) is 0 Å². The molecule has 9 nitrogen and oxygen atoms in total. The Morgan fingerprint density at radius 3 is 2.54 bits per heavy atom. The minimum absolute atomic E-state index is 0.248. The fraction of sp³-hybridized carbons (Fsp3) is 0.357. The summed E-state index contributed by atoms with van der Waals surface area (Å²) in [6.07, 6.45) is 3.79. The normalized spacial score (nSPS) is 14.8. The molecule has 0 aliphatic carbocycles. The molecule has 0 spiro atoms. The molecule has 1 aliphatic heterocycles. The van der Waals surface area contributed by atoms with Crippen molar-refractivity contribution in [2.45, 2.75) is 45.2 Å². The zero-order valence-electron chi connectivity index (χ0n) is 21.6. The van der Waals surface area contributed by atoms with E-state index in [9.17, 15) is 0 Å². The van der Waals surface area contributed by atoms with Crippen LogP contribution in [0.3, 0.4) is 0 Å². The lowest BCUT2D eigenvalue weighted by Crippen LogP contribution is -2.40. The van der Waals surface area contributed by atoms with Crippen molar-refractivity contribution in [2.24, 2.45) is 12.8 Å². The average Bonchev–Trinajstić information content (AvgIpc) is 3.49. The van der Waals surface area contributed by atoms with Crippen molar-refractivity contribution in [1.82, 2.24) is 29.1 Å². The van der Waals surface area contributed by atoms with E-state index in [1.807, 2.05) is 22.8 Å². The smallest absolute Gasteiger partial charge is 0.230 e. The monoisotopic (exact) mass is 495 g/mol. The second kappa shape index (κ2) is 9.48. The summed E-state index contributed by atoms with van der Waals surface area (Å²) in [5.41, 5.74) is 12.4. The number of nitrogens with one attached hydrogen (secondary N) is 1. The molecular formula is C28H33N9. The van der Waals surface area contributed by atoms with E-state index in [-0.39, 0.29) is 6.04 Å². The van der Waals surface area contributed by atoms with Crippen molar-refractivity contribution in [3.8, 4) is 11.4 Å². The highest BCUT2D eigenvalue weighted by atomic mass is 15.4. The predicted molar refractivity (Wildman–Crippen MR) is 148 cm³/mol. The zero-order valence-corrected chi connectivity index (χ0v) is 21.6. The highest BCUT2D eigenvalue weighted by Gasteiger charge is 2.22. The maximum Gasteiger partial charge on any atom is 0.230 e. The Balaban J connectivity index is 1.36. The Bertz CT molecular complexity index is 1560. The quantitative estimate of drug-likeness (QED) is 0.361. The lowest BCUT2D eigenvalue weighted by molar-refractivity contribution is 0.495. The zero-order chi connectivity index (χ0) is 25.5. The van der Waals surface area contributed by atoms with Gasteiger partial charge in [0.15, 0.2) is 5.65 Å². The van der Waals surface area contributed by atoms with Gasteiger partial charge in [-0.15, -0.1) is 0 Å². The number of rotatable bonds is 6. The molecule has 4 heterocycles. The second-order valence-electron chi connectivity index (χ2n) is 10.2. The van der Waals surface area contributed by atoms with Crippen LogP contribution in [0, 0.1) is 0 Å². The first-order chi connectivity index (χ1) is 18.0. The molecule has 0 unspecified atom stereocenters. The van der Waals surface area contributed by atoms with Crippen molar-refractivity contribution in [3.63, 3.8) is 0 Å². The first-order valence-corrected chi connectivity index (χ1v) is 13.0. The van der Waals surface area contributed by atoms with Crippen LogP contribution in [0.5, 0.6) is 0 Å². The molecule has 6 rings (SSSR count). The fourth-order valence-electron chi connectivity index (χ4n) is 5.10. The summed E-state index contributed by atoms with van der Waals surface area (Å²) < 4.78 is 3.98. The van der Waals surface area contributed by atoms with E-state index < -0.39 is 0 Å². The number of aromatic nitrogens is 6. The lowest BCUT2D eigenvalue weighted by Gasteiger charge is -2.30. The first-order valence-electron chi connectivity index (χ1n) is 13.0. The highest BCUT2D eigenvalue weighted by Crippen LogP contribution is 2.28. The first kappa shape index (κ1) is 23.4. The van der Waals surface area contributed by atoms with Crippen LogP contribution in [0.1, 0.15) is 43.7 Å². The fourth-order valence-corrected chi connectivity index (χ4v) is 5.10. The molecule has 9 heteroatoms. The maximum absolute atomic E-state index is 6.15. The molecule has 1 aliphatic rings. The van der Waals surface area contributed by atoms with E-state index in [1.165, 1.54) is 0 Å². The van der Waals surface area contributed by atoms with Crippen LogP contribution >= 0.6 is 0 Å². The summed E-state index contributed by atoms with van der Waals surface area (Å²) >= 11 is 0. The molecule has 5 aromatic rings. The van der Waals surface area contributed by atoms with Crippen LogP contribution < -0.4 is 16.0 Å². The lowest BCUT2D eigenvalue weighted by atomic mass is 10.1. The van der Waals surface area contributed by atoms with Gasteiger partial charge in [0.2, 0.25) is 11.9 Å². The van der Waals surface area contributed by atoms with Gasteiger partial charge in [-0.2, -0.15) is 19.6 Å².